The van der Waals surface area contributed by atoms with Crippen molar-refractivity contribution in [3.63, 3.8) is 0 Å². The third-order valence-corrected chi connectivity index (χ3v) is 5.93. The van der Waals surface area contributed by atoms with Gasteiger partial charge in [0.15, 0.2) is 0 Å². The third kappa shape index (κ3) is 3.69. The van der Waals surface area contributed by atoms with E-state index in [4.69, 9.17) is 4.74 Å². The number of hydrogen-bond acceptors (Lipinski definition) is 4. The van der Waals surface area contributed by atoms with Crippen LogP contribution in [0.1, 0.15) is 26.8 Å². The summed E-state index contributed by atoms with van der Waals surface area (Å²) >= 11 is 1.73. The summed E-state index contributed by atoms with van der Waals surface area (Å²) in [5.74, 6) is 0.605. The number of anilines is 1. The molecule has 2 heterocycles. The van der Waals surface area contributed by atoms with Crippen molar-refractivity contribution in [2.24, 2.45) is 0 Å². The Morgan fingerprint density at radius 1 is 1.19 bits per heavy atom. The van der Waals surface area contributed by atoms with E-state index in [0.29, 0.717) is 17.9 Å². The lowest BCUT2D eigenvalue weighted by Gasteiger charge is -2.30. The number of para-hydroxylation sites is 1. The number of ether oxygens (including phenoxy) is 1. The zero-order valence-corrected chi connectivity index (χ0v) is 16.0. The summed E-state index contributed by atoms with van der Waals surface area (Å²) in [5, 5.41) is 5.21. The molecular formula is C22H22N2O2S. The molecule has 4 rings (SSSR count). The normalized spacial score (nSPS) is 13.9. The van der Waals surface area contributed by atoms with Crippen LogP contribution in [-0.4, -0.2) is 26.1 Å². The van der Waals surface area contributed by atoms with E-state index in [0.717, 1.165) is 13.0 Å². The Bertz CT molecular complexity index is 924. The highest BCUT2D eigenvalue weighted by molar-refractivity contribution is 7.10. The summed E-state index contributed by atoms with van der Waals surface area (Å²) in [7, 11) is 1.61. The minimum atomic E-state index is -0.0806. The van der Waals surface area contributed by atoms with Crippen molar-refractivity contribution < 1.29 is 9.53 Å². The zero-order valence-electron chi connectivity index (χ0n) is 15.2. The van der Waals surface area contributed by atoms with Gasteiger partial charge in [0.1, 0.15) is 5.75 Å². The van der Waals surface area contributed by atoms with Gasteiger partial charge in [-0.25, -0.2) is 0 Å². The number of thiophene rings is 1. The van der Waals surface area contributed by atoms with E-state index in [1.807, 2.05) is 18.2 Å². The maximum Gasteiger partial charge on any atom is 0.251 e. The first-order valence-electron chi connectivity index (χ1n) is 9.06. The second-order valence-electron chi connectivity index (χ2n) is 6.55. The number of rotatable bonds is 6. The number of benzene rings is 2. The van der Waals surface area contributed by atoms with E-state index in [2.05, 4.69) is 52.0 Å². The number of carbonyl (C=O) groups excluding carboxylic acids is 1. The Morgan fingerprint density at radius 2 is 2.07 bits per heavy atom. The van der Waals surface area contributed by atoms with Crippen molar-refractivity contribution in [3.8, 4) is 5.75 Å². The number of methoxy groups -OCH3 is 1. The van der Waals surface area contributed by atoms with Crippen molar-refractivity contribution in [3.05, 3.63) is 82.0 Å². The second kappa shape index (κ2) is 7.84. The van der Waals surface area contributed by atoms with Gasteiger partial charge in [0.05, 0.1) is 13.2 Å². The molecule has 0 fully saturated rings. The maximum atomic E-state index is 12.7. The van der Waals surface area contributed by atoms with Crippen molar-refractivity contribution in [2.75, 3.05) is 25.1 Å². The van der Waals surface area contributed by atoms with Crippen LogP contribution in [0.25, 0.3) is 0 Å². The number of carbonyl (C=O) groups is 1. The molecule has 0 saturated heterocycles. The van der Waals surface area contributed by atoms with E-state index in [9.17, 15) is 4.79 Å². The number of nitrogens with one attached hydrogen (secondary N) is 1. The van der Waals surface area contributed by atoms with Crippen molar-refractivity contribution >= 4 is 22.9 Å². The Morgan fingerprint density at radius 3 is 2.89 bits per heavy atom. The molecule has 138 valence electrons. The van der Waals surface area contributed by atoms with Crippen molar-refractivity contribution in [1.82, 2.24) is 5.32 Å². The van der Waals surface area contributed by atoms with Crippen LogP contribution in [0.2, 0.25) is 0 Å². The van der Waals surface area contributed by atoms with Crippen LogP contribution in [0.4, 0.5) is 5.69 Å². The second-order valence-corrected chi connectivity index (χ2v) is 7.52. The fraction of sp³-hybridized carbons (Fsp3) is 0.227. The highest BCUT2D eigenvalue weighted by atomic mass is 32.1. The van der Waals surface area contributed by atoms with Gasteiger partial charge in [-0.2, -0.15) is 0 Å². The number of hydrogen-bond donors (Lipinski definition) is 1. The van der Waals surface area contributed by atoms with Crippen LogP contribution in [0.3, 0.4) is 0 Å². The van der Waals surface area contributed by atoms with E-state index < -0.39 is 0 Å². The van der Waals surface area contributed by atoms with Gasteiger partial charge in [0.2, 0.25) is 0 Å². The fourth-order valence-electron chi connectivity index (χ4n) is 3.59. The molecule has 0 spiro atoms. The molecule has 0 bridgehead atoms. The molecule has 0 saturated carbocycles. The molecule has 0 unspecified atom stereocenters. The minimum Gasteiger partial charge on any atom is -0.497 e. The highest BCUT2D eigenvalue weighted by Gasteiger charge is 2.28. The molecule has 1 amide bonds. The summed E-state index contributed by atoms with van der Waals surface area (Å²) < 4.78 is 5.22. The first-order valence-corrected chi connectivity index (χ1v) is 9.94. The van der Waals surface area contributed by atoms with E-state index >= 15 is 0 Å². The molecule has 1 atom stereocenters. The van der Waals surface area contributed by atoms with Gasteiger partial charge in [-0.05, 0) is 47.7 Å². The quantitative estimate of drug-likeness (QED) is 0.696. The largest absolute Gasteiger partial charge is 0.497 e. The van der Waals surface area contributed by atoms with Crippen LogP contribution in [-0.2, 0) is 6.42 Å². The van der Waals surface area contributed by atoms with Crippen LogP contribution >= 0.6 is 11.3 Å². The molecular weight excluding hydrogens is 356 g/mol. The zero-order chi connectivity index (χ0) is 18.6. The molecule has 4 nitrogen and oxygen atoms in total. The maximum absolute atomic E-state index is 12.7. The predicted molar refractivity (Wildman–Crippen MR) is 110 cm³/mol. The Hall–Kier alpha value is -2.79. The summed E-state index contributed by atoms with van der Waals surface area (Å²) in [6, 6.07) is 20.1. The van der Waals surface area contributed by atoms with Gasteiger partial charge in [0.25, 0.3) is 5.91 Å². The Labute approximate surface area is 163 Å². The van der Waals surface area contributed by atoms with Gasteiger partial charge in [-0.1, -0.05) is 30.3 Å². The van der Waals surface area contributed by atoms with Crippen LogP contribution in [0.5, 0.6) is 5.75 Å². The summed E-state index contributed by atoms with van der Waals surface area (Å²) in [5.41, 5.74) is 3.26. The van der Waals surface area contributed by atoms with Gasteiger partial charge >= 0.3 is 0 Å². The number of amides is 1. The van der Waals surface area contributed by atoms with Gasteiger partial charge in [-0.3, -0.25) is 4.79 Å². The number of nitrogens with zero attached hydrogens (tertiary/aromatic N) is 1. The molecule has 2 aromatic carbocycles. The monoisotopic (exact) mass is 378 g/mol. The first-order chi connectivity index (χ1) is 13.3. The van der Waals surface area contributed by atoms with Gasteiger partial charge in [-0.15, -0.1) is 11.3 Å². The molecule has 27 heavy (non-hydrogen) atoms. The third-order valence-electron chi connectivity index (χ3n) is 4.96. The molecule has 1 aliphatic rings. The van der Waals surface area contributed by atoms with E-state index in [1.165, 1.54) is 16.1 Å². The van der Waals surface area contributed by atoms with Crippen molar-refractivity contribution in [2.45, 2.75) is 12.5 Å². The standard InChI is InChI=1S/C22H22N2O2S/c1-26-18-8-4-7-17(14-18)22(25)23-15-20(21-10-5-13-27-21)24-12-11-16-6-2-3-9-19(16)24/h2-10,13-14,20H,11-12,15H2,1H3,(H,23,25)/t20-/m1/s1. The smallest absolute Gasteiger partial charge is 0.251 e. The Kier molecular flexibility index (Phi) is 5.12. The lowest BCUT2D eigenvalue weighted by molar-refractivity contribution is 0.0950. The lowest BCUT2D eigenvalue weighted by Crippen LogP contribution is -2.37. The molecule has 3 aromatic rings. The average molecular weight is 378 g/mol. The molecule has 0 radical (unpaired) electrons. The molecule has 1 aliphatic heterocycles. The molecule has 0 aliphatic carbocycles. The van der Waals surface area contributed by atoms with Gasteiger partial charge in [0, 0.05) is 29.2 Å². The van der Waals surface area contributed by atoms with E-state index in [-0.39, 0.29) is 11.9 Å². The number of fused-ring (bicyclic) bond motifs is 1. The minimum absolute atomic E-state index is 0.0806. The summed E-state index contributed by atoms with van der Waals surface area (Å²) in [6.07, 6.45) is 1.04. The molecule has 1 aromatic heterocycles. The summed E-state index contributed by atoms with van der Waals surface area (Å²) in [6.45, 7) is 1.53. The van der Waals surface area contributed by atoms with Crippen LogP contribution < -0.4 is 15.0 Å². The SMILES string of the molecule is COc1cccc(C(=O)NC[C@H](c2cccs2)N2CCc3ccccc32)c1. The van der Waals surface area contributed by atoms with Crippen LogP contribution in [0.15, 0.2) is 66.0 Å². The van der Waals surface area contributed by atoms with E-state index in [1.54, 1.807) is 24.5 Å². The first kappa shape index (κ1) is 17.6. The van der Waals surface area contributed by atoms with Gasteiger partial charge < -0.3 is 15.0 Å². The molecule has 5 heteroatoms. The predicted octanol–water partition coefficient (Wildman–Crippen LogP) is 4.29. The van der Waals surface area contributed by atoms with Crippen molar-refractivity contribution in [1.29, 1.82) is 0 Å². The molecule has 1 N–H and O–H groups in total. The lowest BCUT2D eigenvalue weighted by atomic mass is 10.1. The topological polar surface area (TPSA) is 41.6 Å². The summed E-state index contributed by atoms with van der Waals surface area (Å²) in [4.78, 5) is 16.3. The highest BCUT2D eigenvalue weighted by Crippen LogP contribution is 2.36. The average Bonchev–Trinajstić information content (AvgIpc) is 3.39. The Balaban J connectivity index is 1.54. The fourth-order valence-corrected chi connectivity index (χ4v) is 4.43. The van der Waals surface area contributed by atoms with Crippen LogP contribution in [0, 0.1) is 0 Å².